The van der Waals surface area contributed by atoms with Crippen molar-refractivity contribution in [1.29, 1.82) is 0 Å². The van der Waals surface area contributed by atoms with Gasteiger partial charge >= 0.3 is 6.03 Å². The summed E-state index contributed by atoms with van der Waals surface area (Å²) in [6.07, 6.45) is 7.82. The Balaban J connectivity index is 1.60. The van der Waals surface area contributed by atoms with E-state index in [9.17, 15) is 9.59 Å². The minimum atomic E-state index is -0.222. The number of anilines is 1. The molecule has 2 N–H and O–H groups in total. The summed E-state index contributed by atoms with van der Waals surface area (Å²) in [5, 5.41) is 7.35. The van der Waals surface area contributed by atoms with E-state index in [1.807, 2.05) is 24.3 Å². The van der Waals surface area contributed by atoms with Crippen molar-refractivity contribution in [2.24, 2.45) is 5.92 Å². The highest BCUT2D eigenvalue weighted by Gasteiger charge is 2.20. The number of fused-ring (bicyclic) bond motifs is 1. The lowest BCUT2D eigenvalue weighted by Crippen LogP contribution is -2.41. The normalized spacial score (nSPS) is 17.4. The van der Waals surface area contributed by atoms with Crippen LogP contribution in [0.25, 0.3) is 10.8 Å². The Kier molecular flexibility index (Phi) is 7.91. The third-order valence-electron chi connectivity index (χ3n) is 5.93. The molecule has 1 fully saturated rings. The molecule has 6 nitrogen and oxygen atoms in total. The summed E-state index contributed by atoms with van der Waals surface area (Å²) < 4.78 is 1.70. The lowest BCUT2D eigenvalue weighted by molar-refractivity contribution is 0.142. The molecule has 0 aliphatic carbocycles. The Morgan fingerprint density at radius 2 is 1.97 bits per heavy atom. The second-order valence-electron chi connectivity index (χ2n) is 8.77. The molecule has 0 saturated carbocycles. The van der Waals surface area contributed by atoms with Crippen LogP contribution in [0.2, 0.25) is 0 Å². The van der Waals surface area contributed by atoms with E-state index in [0.717, 1.165) is 18.4 Å². The molecule has 2 heterocycles. The largest absolute Gasteiger partial charge is 0.338 e. The van der Waals surface area contributed by atoms with Crippen molar-refractivity contribution < 1.29 is 4.79 Å². The predicted octanol–water partition coefficient (Wildman–Crippen LogP) is 4.43. The average Bonchev–Trinajstić information content (AvgIpc) is 2.74. The lowest BCUT2D eigenvalue weighted by atomic mass is 10.00. The maximum Gasteiger partial charge on any atom is 0.319 e. The lowest BCUT2D eigenvalue weighted by Gasteiger charge is -2.35. The van der Waals surface area contributed by atoms with Crippen molar-refractivity contribution in [2.75, 3.05) is 25.0 Å². The van der Waals surface area contributed by atoms with Crippen LogP contribution in [-0.4, -0.2) is 41.2 Å². The first-order valence-corrected chi connectivity index (χ1v) is 11.4. The van der Waals surface area contributed by atoms with Crippen molar-refractivity contribution in [3.63, 3.8) is 0 Å². The second-order valence-corrected chi connectivity index (χ2v) is 8.77. The number of piperidine rings is 1. The summed E-state index contributed by atoms with van der Waals surface area (Å²) in [5.41, 5.74) is 0.655. The number of benzene rings is 1. The fourth-order valence-electron chi connectivity index (χ4n) is 4.44. The fourth-order valence-corrected chi connectivity index (χ4v) is 4.44. The molecule has 1 aromatic heterocycles. The van der Waals surface area contributed by atoms with Crippen molar-refractivity contribution in [2.45, 2.75) is 65.5 Å². The summed E-state index contributed by atoms with van der Waals surface area (Å²) in [4.78, 5) is 27.8. The SMILES string of the molecule is CCC1CCCCN1CCCNC(=O)Nc1cn(CC(C)C)c(=O)c2ccccc12. The average molecular weight is 413 g/mol. The first-order valence-electron chi connectivity index (χ1n) is 11.4. The number of likely N-dealkylation sites (tertiary alicyclic amines) is 1. The standard InChI is InChI=1S/C24H36N4O2/c1-4-19-10-7-8-14-27(19)15-9-13-25-24(30)26-22-17-28(16-18(2)3)23(29)21-12-6-5-11-20(21)22/h5-6,11-12,17-19H,4,7-10,13-16H2,1-3H3,(H2,25,26,30). The zero-order valence-corrected chi connectivity index (χ0v) is 18.6. The molecule has 1 saturated heterocycles. The van der Waals surface area contributed by atoms with E-state index in [0.29, 0.717) is 36.1 Å². The first-order chi connectivity index (χ1) is 14.5. The molecular weight excluding hydrogens is 376 g/mol. The third kappa shape index (κ3) is 5.63. The number of nitrogens with one attached hydrogen (secondary N) is 2. The fraction of sp³-hybridized carbons (Fsp3) is 0.583. The molecule has 0 bridgehead atoms. The van der Waals surface area contributed by atoms with Crippen LogP contribution >= 0.6 is 0 Å². The number of carbonyl (C=O) groups is 1. The van der Waals surface area contributed by atoms with Gasteiger partial charge in [-0.2, -0.15) is 0 Å². The van der Waals surface area contributed by atoms with E-state index in [1.54, 1.807) is 10.8 Å². The number of amides is 2. The Morgan fingerprint density at radius 1 is 1.20 bits per heavy atom. The first kappa shape index (κ1) is 22.3. The number of hydrogen-bond acceptors (Lipinski definition) is 3. The van der Waals surface area contributed by atoms with Crippen LogP contribution in [0.5, 0.6) is 0 Å². The molecule has 164 valence electrons. The number of pyridine rings is 1. The third-order valence-corrected chi connectivity index (χ3v) is 5.93. The van der Waals surface area contributed by atoms with Crippen LogP contribution in [0.15, 0.2) is 35.3 Å². The number of hydrogen-bond donors (Lipinski definition) is 2. The van der Waals surface area contributed by atoms with Gasteiger partial charge < -0.3 is 20.1 Å². The molecule has 1 atom stereocenters. The highest BCUT2D eigenvalue weighted by molar-refractivity contribution is 6.00. The Bertz CT molecular complexity index is 906. The smallest absolute Gasteiger partial charge is 0.319 e. The van der Waals surface area contributed by atoms with Gasteiger partial charge in [0.15, 0.2) is 0 Å². The van der Waals surface area contributed by atoms with Gasteiger partial charge in [0.2, 0.25) is 0 Å². The number of urea groups is 1. The number of aromatic nitrogens is 1. The number of nitrogens with zero attached hydrogens (tertiary/aromatic N) is 2. The molecule has 1 aliphatic heterocycles. The molecule has 30 heavy (non-hydrogen) atoms. The van der Waals surface area contributed by atoms with E-state index in [-0.39, 0.29) is 11.6 Å². The van der Waals surface area contributed by atoms with E-state index < -0.39 is 0 Å². The van der Waals surface area contributed by atoms with Crippen molar-refractivity contribution in [1.82, 2.24) is 14.8 Å². The zero-order chi connectivity index (χ0) is 21.5. The minimum Gasteiger partial charge on any atom is -0.338 e. The molecular formula is C24H36N4O2. The van der Waals surface area contributed by atoms with E-state index >= 15 is 0 Å². The maximum atomic E-state index is 12.7. The zero-order valence-electron chi connectivity index (χ0n) is 18.6. The molecule has 2 aromatic rings. The molecule has 1 aromatic carbocycles. The van der Waals surface area contributed by atoms with Crippen LogP contribution in [0.4, 0.5) is 10.5 Å². The topological polar surface area (TPSA) is 66.4 Å². The molecule has 3 rings (SSSR count). The summed E-state index contributed by atoms with van der Waals surface area (Å²) in [7, 11) is 0. The maximum absolute atomic E-state index is 12.7. The predicted molar refractivity (Wildman–Crippen MR) is 124 cm³/mol. The van der Waals surface area contributed by atoms with Crippen LogP contribution in [0.3, 0.4) is 0 Å². The Morgan fingerprint density at radius 3 is 2.70 bits per heavy atom. The van der Waals surface area contributed by atoms with Gasteiger partial charge in [0.05, 0.1) is 5.69 Å². The van der Waals surface area contributed by atoms with Crippen molar-refractivity contribution in [3.8, 4) is 0 Å². The van der Waals surface area contributed by atoms with Crippen LogP contribution in [0.1, 0.15) is 52.9 Å². The molecule has 0 radical (unpaired) electrons. The van der Waals surface area contributed by atoms with E-state index in [4.69, 9.17) is 0 Å². The highest BCUT2D eigenvalue weighted by Crippen LogP contribution is 2.21. The van der Waals surface area contributed by atoms with E-state index in [1.165, 1.54) is 32.2 Å². The minimum absolute atomic E-state index is 0.0164. The van der Waals surface area contributed by atoms with Crippen LogP contribution < -0.4 is 16.2 Å². The van der Waals surface area contributed by atoms with Crippen LogP contribution in [0, 0.1) is 5.92 Å². The number of rotatable bonds is 8. The quantitative estimate of drug-likeness (QED) is 0.630. The Hall–Kier alpha value is -2.34. The summed E-state index contributed by atoms with van der Waals surface area (Å²) in [6.45, 7) is 9.88. The van der Waals surface area contributed by atoms with Gasteiger partial charge in [-0.15, -0.1) is 0 Å². The van der Waals surface area contributed by atoms with Gasteiger partial charge in [-0.1, -0.05) is 45.4 Å². The van der Waals surface area contributed by atoms with Gasteiger partial charge in [0, 0.05) is 42.6 Å². The van der Waals surface area contributed by atoms with Gasteiger partial charge in [-0.25, -0.2) is 4.79 Å². The molecule has 0 spiro atoms. The van der Waals surface area contributed by atoms with Crippen LogP contribution in [-0.2, 0) is 6.54 Å². The highest BCUT2D eigenvalue weighted by atomic mass is 16.2. The molecule has 6 heteroatoms. The molecule has 2 amide bonds. The van der Waals surface area contributed by atoms with Gasteiger partial charge in [0.1, 0.15) is 0 Å². The van der Waals surface area contributed by atoms with Crippen molar-refractivity contribution in [3.05, 3.63) is 40.8 Å². The summed E-state index contributed by atoms with van der Waals surface area (Å²) in [5.74, 6) is 0.340. The monoisotopic (exact) mass is 412 g/mol. The van der Waals surface area contributed by atoms with Crippen molar-refractivity contribution >= 4 is 22.5 Å². The van der Waals surface area contributed by atoms with Gasteiger partial charge in [0.25, 0.3) is 5.56 Å². The summed E-state index contributed by atoms with van der Waals surface area (Å²) >= 11 is 0. The Labute approximate surface area is 179 Å². The summed E-state index contributed by atoms with van der Waals surface area (Å²) in [6, 6.07) is 7.92. The molecule has 1 aliphatic rings. The number of carbonyl (C=O) groups excluding carboxylic acids is 1. The molecule has 1 unspecified atom stereocenters. The van der Waals surface area contributed by atoms with Gasteiger partial charge in [-0.05, 0) is 44.2 Å². The van der Waals surface area contributed by atoms with Gasteiger partial charge in [-0.3, -0.25) is 4.79 Å². The van der Waals surface area contributed by atoms with E-state index in [2.05, 4.69) is 36.3 Å². The second kappa shape index (κ2) is 10.6.